The van der Waals surface area contributed by atoms with Gasteiger partial charge in [-0.25, -0.2) is 4.79 Å². The van der Waals surface area contributed by atoms with E-state index in [4.69, 9.17) is 15.6 Å². The Bertz CT molecular complexity index is 478. The van der Waals surface area contributed by atoms with Gasteiger partial charge < -0.3 is 20.7 Å². The van der Waals surface area contributed by atoms with Gasteiger partial charge in [0.25, 0.3) is 0 Å². The van der Waals surface area contributed by atoms with Crippen molar-refractivity contribution in [2.75, 3.05) is 12.3 Å². The summed E-state index contributed by atoms with van der Waals surface area (Å²) in [7, 11) is 0. The fourth-order valence-electron chi connectivity index (χ4n) is 1.71. The maximum absolute atomic E-state index is 11.6. The van der Waals surface area contributed by atoms with Gasteiger partial charge in [0.2, 0.25) is 0 Å². The van der Waals surface area contributed by atoms with Crippen LogP contribution >= 0.6 is 22.6 Å². The number of halogens is 1. The molecule has 8 heteroatoms. The van der Waals surface area contributed by atoms with Gasteiger partial charge in [-0.05, 0) is 22.6 Å². The SMILES string of the molecule is Nc1nc(=O)n([C@H]2C[C@H](O)[C@@H](CO)O2)cc1[131I]. The van der Waals surface area contributed by atoms with E-state index in [0.29, 0.717) is 3.57 Å². The van der Waals surface area contributed by atoms with Crippen LogP contribution in [0.25, 0.3) is 0 Å². The first-order valence-corrected chi connectivity index (χ1v) is 6.09. The molecular weight excluding hydrogens is 345 g/mol. The molecule has 1 saturated heterocycles. The molecule has 0 radical (unpaired) electrons. The summed E-state index contributed by atoms with van der Waals surface area (Å²) in [6.45, 7) is -0.286. The van der Waals surface area contributed by atoms with Crippen molar-refractivity contribution < 1.29 is 14.9 Å². The van der Waals surface area contributed by atoms with E-state index in [0.717, 1.165) is 0 Å². The molecule has 1 aliphatic heterocycles. The monoisotopic (exact) mass is 357 g/mol. The predicted octanol–water partition coefficient (Wildman–Crippen LogP) is -0.929. The van der Waals surface area contributed by atoms with Crippen LogP contribution in [-0.4, -0.2) is 38.6 Å². The minimum atomic E-state index is -0.785. The number of hydrogen-bond acceptors (Lipinski definition) is 6. The van der Waals surface area contributed by atoms with E-state index in [1.54, 1.807) is 0 Å². The lowest BCUT2D eigenvalue weighted by Crippen LogP contribution is -2.28. The summed E-state index contributed by atoms with van der Waals surface area (Å²) in [6.07, 6.45) is -0.291. The Morgan fingerprint density at radius 2 is 2.41 bits per heavy atom. The molecule has 3 atom stereocenters. The highest BCUT2D eigenvalue weighted by Crippen LogP contribution is 2.27. The van der Waals surface area contributed by atoms with Gasteiger partial charge in [-0.3, -0.25) is 4.57 Å². The summed E-state index contributed by atoms with van der Waals surface area (Å²) in [5, 5.41) is 18.5. The number of aliphatic hydroxyl groups excluding tert-OH is 2. The number of rotatable bonds is 2. The van der Waals surface area contributed by atoms with Crippen LogP contribution in [0.2, 0.25) is 0 Å². The minimum Gasteiger partial charge on any atom is -0.394 e. The standard InChI is InChI=1S/C9H12IN3O4/c10-4-2-13(9(16)12-8(4)11)7-1-5(15)6(3-14)17-7/h2,5-7,14-15H,1,3H2,(H2,11,12,16)/t5-,6+,7+/m0/s1/i10+4. The van der Waals surface area contributed by atoms with E-state index in [1.165, 1.54) is 10.8 Å². The van der Waals surface area contributed by atoms with Crippen molar-refractivity contribution in [3.63, 3.8) is 0 Å². The number of anilines is 1. The van der Waals surface area contributed by atoms with E-state index in [-0.39, 0.29) is 18.8 Å². The van der Waals surface area contributed by atoms with Crippen molar-refractivity contribution in [3.05, 3.63) is 20.3 Å². The first-order valence-electron chi connectivity index (χ1n) is 5.01. The summed E-state index contributed by atoms with van der Waals surface area (Å²) in [4.78, 5) is 15.3. The summed E-state index contributed by atoms with van der Waals surface area (Å²) in [6, 6.07) is 0. The summed E-state index contributed by atoms with van der Waals surface area (Å²) in [5.41, 5.74) is 4.98. The van der Waals surface area contributed by atoms with Crippen LogP contribution in [0.15, 0.2) is 11.0 Å². The second-order valence-corrected chi connectivity index (χ2v) is 4.94. The first kappa shape index (κ1) is 12.7. The summed E-state index contributed by atoms with van der Waals surface area (Å²) < 4.78 is 7.27. The predicted molar refractivity (Wildman–Crippen MR) is 67.2 cm³/mol. The minimum absolute atomic E-state index is 0.170. The van der Waals surface area contributed by atoms with E-state index in [9.17, 15) is 9.90 Å². The van der Waals surface area contributed by atoms with E-state index < -0.39 is 24.1 Å². The lowest BCUT2D eigenvalue weighted by molar-refractivity contribution is -0.0459. The molecule has 0 amide bonds. The van der Waals surface area contributed by atoms with Gasteiger partial charge >= 0.3 is 5.69 Å². The molecule has 1 aromatic heterocycles. The van der Waals surface area contributed by atoms with Crippen LogP contribution in [0.4, 0.5) is 5.82 Å². The molecule has 7 nitrogen and oxygen atoms in total. The summed E-state index contributed by atoms with van der Waals surface area (Å²) in [5.74, 6) is 0.170. The molecule has 1 aromatic rings. The molecule has 0 saturated carbocycles. The highest BCUT2D eigenvalue weighted by atomic mass is 131. The van der Waals surface area contributed by atoms with Gasteiger partial charge in [0.05, 0.1) is 16.3 Å². The Morgan fingerprint density at radius 1 is 1.71 bits per heavy atom. The largest absolute Gasteiger partial charge is 0.394 e. The molecule has 0 bridgehead atoms. The summed E-state index contributed by atoms with van der Waals surface area (Å²) >= 11 is 1.96. The van der Waals surface area contributed by atoms with Gasteiger partial charge in [-0.1, -0.05) is 0 Å². The van der Waals surface area contributed by atoms with Crippen LogP contribution in [-0.2, 0) is 4.74 Å². The number of aliphatic hydroxyl groups is 2. The fraction of sp³-hybridized carbons (Fsp3) is 0.556. The number of nitrogens with two attached hydrogens (primary N) is 1. The maximum Gasteiger partial charge on any atom is 0.351 e. The normalized spacial score (nSPS) is 28.5. The number of hydrogen-bond donors (Lipinski definition) is 3. The lowest BCUT2D eigenvalue weighted by atomic mass is 10.2. The Balaban J connectivity index is 2.30. The number of nitrogen functional groups attached to an aromatic ring is 1. The molecule has 0 aliphatic carbocycles. The first-order chi connectivity index (χ1) is 8.02. The van der Waals surface area contributed by atoms with Crippen LogP contribution in [0.5, 0.6) is 0 Å². The van der Waals surface area contributed by atoms with E-state index in [2.05, 4.69) is 4.98 Å². The molecule has 1 aliphatic rings. The Kier molecular flexibility index (Phi) is 3.66. The van der Waals surface area contributed by atoms with Crippen LogP contribution in [0.1, 0.15) is 12.6 Å². The molecule has 0 aromatic carbocycles. The average Bonchev–Trinajstić information content (AvgIpc) is 2.65. The van der Waals surface area contributed by atoms with Crippen LogP contribution < -0.4 is 11.4 Å². The van der Waals surface area contributed by atoms with Crippen molar-refractivity contribution >= 4 is 28.4 Å². The number of aromatic nitrogens is 2. The smallest absolute Gasteiger partial charge is 0.351 e. The molecule has 0 unspecified atom stereocenters. The molecule has 94 valence electrons. The van der Waals surface area contributed by atoms with Gasteiger partial charge in [0.15, 0.2) is 0 Å². The second-order valence-electron chi connectivity index (χ2n) is 3.78. The Morgan fingerprint density at radius 3 is 3.00 bits per heavy atom. The van der Waals surface area contributed by atoms with Crippen molar-refractivity contribution in [2.45, 2.75) is 24.9 Å². The van der Waals surface area contributed by atoms with E-state index >= 15 is 0 Å². The van der Waals surface area contributed by atoms with Gasteiger partial charge in [0.1, 0.15) is 18.1 Å². The molecule has 0 spiro atoms. The number of nitrogens with zero attached hydrogens (tertiary/aromatic N) is 2. The topological polar surface area (TPSA) is 111 Å². The third-order valence-corrected chi connectivity index (χ3v) is 3.46. The van der Waals surface area contributed by atoms with Gasteiger partial charge in [-0.15, -0.1) is 0 Å². The van der Waals surface area contributed by atoms with Gasteiger partial charge in [-0.2, -0.15) is 4.98 Å². The van der Waals surface area contributed by atoms with Crippen molar-refractivity contribution in [1.29, 1.82) is 0 Å². The van der Waals surface area contributed by atoms with E-state index in [1.807, 2.05) is 22.6 Å². The van der Waals surface area contributed by atoms with Crippen molar-refractivity contribution in [3.8, 4) is 0 Å². The molecule has 2 rings (SSSR count). The third-order valence-electron chi connectivity index (χ3n) is 2.63. The molecular formula is C9H12IN3O4. The lowest BCUT2D eigenvalue weighted by Gasteiger charge is -2.14. The second kappa shape index (κ2) is 4.88. The maximum atomic E-state index is 11.6. The zero-order valence-corrected chi connectivity index (χ0v) is 10.9. The highest BCUT2D eigenvalue weighted by Gasteiger charge is 2.35. The quantitative estimate of drug-likeness (QED) is 0.590. The molecule has 1 fully saturated rings. The van der Waals surface area contributed by atoms with Crippen LogP contribution in [0.3, 0.4) is 0 Å². The van der Waals surface area contributed by atoms with Crippen molar-refractivity contribution in [2.24, 2.45) is 0 Å². The van der Waals surface area contributed by atoms with Crippen molar-refractivity contribution in [1.82, 2.24) is 9.55 Å². The Labute approximate surface area is 110 Å². The average molecular weight is 357 g/mol. The zero-order chi connectivity index (χ0) is 12.6. The molecule has 4 N–H and O–H groups in total. The zero-order valence-electron chi connectivity index (χ0n) is 8.78. The molecule has 17 heavy (non-hydrogen) atoms. The number of ether oxygens (including phenoxy) is 1. The van der Waals surface area contributed by atoms with Crippen LogP contribution in [0, 0.1) is 3.57 Å². The van der Waals surface area contributed by atoms with Gasteiger partial charge in [0, 0.05) is 12.6 Å². The fourth-order valence-corrected chi connectivity index (χ4v) is 2.13. The third kappa shape index (κ3) is 2.44. The molecule has 2 heterocycles. The highest BCUT2D eigenvalue weighted by molar-refractivity contribution is 14.1. The Hall–Kier alpha value is -0.710.